The molecule has 0 atom stereocenters. The zero-order chi connectivity index (χ0) is 11.5. The Labute approximate surface area is 104 Å². The number of carbonyl (C=O) groups excluding carboxylic acids is 1. The number of hydrogen-bond donors (Lipinski definition) is 0. The van der Waals surface area contributed by atoms with Crippen molar-refractivity contribution in [2.24, 2.45) is 0 Å². The maximum atomic E-state index is 11.5. The Balaban J connectivity index is 2.53. The molecule has 16 heavy (non-hydrogen) atoms. The first-order chi connectivity index (χ1) is 7.72. The predicted molar refractivity (Wildman–Crippen MR) is 64.4 cm³/mol. The van der Waals surface area contributed by atoms with Gasteiger partial charge in [0.15, 0.2) is 9.61 Å². The highest BCUT2D eigenvalue weighted by atomic mass is 79.9. The molecule has 0 aliphatic heterocycles. The second-order valence-electron chi connectivity index (χ2n) is 2.87. The number of thiazole rings is 1. The van der Waals surface area contributed by atoms with Gasteiger partial charge in [-0.05, 0) is 33.6 Å². The lowest BCUT2D eigenvalue weighted by Gasteiger charge is -1.99. The van der Waals surface area contributed by atoms with Crippen molar-refractivity contribution in [2.75, 3.05) is 7.11 Å². The number of esters is 1. The van der Waals surface area contributed by atoms with Crippen molar-refractivity contribution >= 4 is 33.2 Å². The van der Waals surface area contributed by atoms with Gasteiger partial charge >= 0.3 is 5.97 Å². The second kappa shape index (κ2) is 4.71. The van der Waals surface area contributed by atoms with Gasteiger partial charge in [-0.15, -0.1) is 11.3 Å². The molecular formula is C10H7BrN2O2S. The van der Waals surface area contributed by atoms with Crippen molar-refractivity contribution in [3.05, 3.63) is 34.1 Å². The molecule has 4 nitrogen and oxygen atoms in total. The number of ether oxygens (including phenoxy) is 1. The summed E-state index contributed by atoms with van der Waals surface area (Å²) in [6.07, 6.45) is 3.34. The first-order valence-electron chi connectivity index (χ1n) is 4.37. The van der Waals surface area contributed by atoms with Gasteiger partial charge in [0.05, 0.1) is 12.0 Å². The minimum absolute atomic E-state index is 0.325. The van der Waals surface area contributed by atoms with Crippen LogP contribution in [0.2, 0.25) is 0 Å². The number of pyridine rings is 1. The van der Waals surface area contributed by atoms with Crippen molar-refractivity contribution in [1.82, 2.24) is 9.97 Å². The number of halogens is 1. The van der Waals surface area contributed by atoms with E-state index in [1.807, 2.05) is 12.1 Å². The quantitative estimate of drug-likeness (QED) is 0.800. The Morgan fingerprint density at radius 2 is 2.12 bits per heavy atom. The highest BCUT2D eigenvalue weighted by Crippen LogP contribution is 2.32. The van der Waals surface area contributed by atoms with Gasteiger partial charge in [0.2, 0.25) is 0 Å². The molecule has 0 fully saturated rings. The third-order valence-electron chi connectivity index (χ3n) is 1.92. The number of nitrogens with zero attached hydrogens (tertiary/aromatic N) is 2. The van der Waals surface area contributed by atoms with Crippen LogP contribution in [0.3, 0.4) is 0 Å². The molecule has 2 rings (SSSR count). The van der Waals surface area contributed by atoms with E-state index < -0.39 is 5.97 Å². The summed E-state index contributed by atoms with van der Waals surface area (Å²) in [5.74, 6) is -0.436. The van der Waals surface area contributed by atoms with E-state index in [0.717, 1.165) is 10.4 Å². The minimum Gasteiger partial charge on any atom is -0.464 e. The third-order valence-corrected chi connectivity index (χ3v) is 3.48. The Morgan fingerprint density at radius 3 is 2.75 bits per heavy atom. The highest BCUT2D eigenvalue weighted by molar-refractivity contribution is 9.11. The van der Waals surface area contributed by atoms with Gasteiger partial charge in [-0.1, -0.05) is 0 Å². The van der Waals surface area contributed by atoms with Crippen LogP contribution < -0.4 is 0 Å². The Hall–Kier alpha value is -1.27. The number of rotatable bonds is 2. The van der Waals surface area contributed by atoms with Crippen LogP contribution in [0.1, 0.15) is 10.5 Å². The smallest absolute Gasteiger partial charge is 0.358 e. The summed E-state index contributed by atoms with van der Waals surface area (Å²) in [6.45, 7) is 0. The van der Waals surface area contributed by atoms with Crippen molar-refractivity contribution in [1.29, 1.82) is 0 Å². The van der Waals surface area contributed by atoms with E-state index in [2.05, 4.69) is 30.6 Å². The monoisotopic (exact) mass is 298 g/mol. The van der Waals surface area contributed by atoms with Crippen LogP contribution in [-0.2, 0) is 4.74 Å². The molecule has 0 aliphatic rings. The summed E-state index contributed by atoms with van der Waals surface area (Å²) in [6, 6.07) is 3.65. The van der Waals surface area contributed by atoms with Crippen molar-refractivity contribution in [3.63, 3.8) is 0 Å². The van der Waals surface area contributed by atoms with Gasteiger partial charge in [0.25, 0.3) is 0 Å². The zero-order valence-corrected chi connectivity index (χ0v) is 10.7. The van der Waals surface area contributed by atoms with E-state index in [1.165, 1.54) is 18.4 Å². The summed E-state index contributed by atoms with van der Waals surface area (Å²) < 4.78 is 5.33. The lowest BCUT2D eigenvalue weighted by atomic mass is 10.2. The molecule has 0 bridgehead atoms. The molecule has 0 saturated heterocycles. The molecule has 0 spiro atoms. The van der Waals surface area contributed by atoms with Crippen LogP contribution in [0.4, 0.5) is 0 Å². The van der Waals surface area contributed by atoms with E-state index in [-0.39, 0.29) is 0 Å². The molecule has 6 heteroatoms. The van der Waals surface area contributed by atoms with Crippen LogP contribution in [0.5, 0.6) is 0 Å². The van der Waals surface area contributed by atoms with Crippen LogP contribution in [0, 0.1) is 0 Å². The van der Waals surface area contributed by atoms with Gasteiger partial charge in [-0.3, -0.25) is 4.98 Å². The van der Waals surface area contributed by atoms with Crippen LogP contribution in [-0.4, -0.2) is 23.0 Å². The number of carbonyl (C=O) groups is 1. The van der Waals surface area contributed by atoms with Crippen LogP contribution in [0.25, 0.3) is 10.4 Å². The molecule has 0 unspecified atom stereocenters. The van der Waals surface area contributed by atoms with Crippen molar-refractivity contribution < 1.29 is 9.53 Å². The number of methoxy groups -OCH3 is 1. The van der Waals surface area contributed by atoms with Gasteiger partial charge in [-0.25, -0.2) is 9.78 Å². The van der Waals surface area contributed by atoms with E-state index >= 15 is 0 Å². The largest absolute Gasteiger partial charge is 0.464 e. The summed E-state index contributed by atoms with van der Waals surface area (Å²) in [4.78, 5) is 20.3. The third kappa shape index (κ3) is 2.12. The van der Waals surface area contributed by atoms with Crippen molar-refractivity contribution in [3.8, 4) is 10.4 Å². The molecule has 2 aromatic rings. The van der Waals surface area contributed by atoms with E-state index in [9.17, 15) is 4.79 Å². The highest BCUT2D eigenvalue weighted by Gasteiger charge is 2.18. The summed E-state index contributed by atoms with van der Waals surface area (Å²) in [5, 5.41) is 0. The molecule has 0 saturated carbocycles. The Kier molecular flexibility index (Phi) is 3.31. The Bertz CT molecular complexity index is 513. The normalized spacial score (nSPS) is 10.1. The SMILES string of the molecule is COC(=O)c1nc(Br)sc1-c1ccncc1. The van der Waals surface area contributed by atoms with Gasteiger partial charge in [-0.2, -0.15) is 0 Å². The summed E-state index contributed by atoms with van der Waals surface area (Å²) in [7, 11) is 1.34. The molecule has 0 radical (unpaired) electrons. The van der Waals surface area contributed by atoms with Gasteiger partial charge in [0.1, 0.15) is 0 Å². The standard InChI is InChI=1S/C10H7BrN2O2S/c1-15-9(14)7-8(16-10(11)13-7)6-2-4-12-5-3-6/h2-5H,1H3. The Morgan fingerprint density at radius 1 is 1.44 bits per heavy atom. The van der Waals surface area contributed by atoms with Crippen LogP contribution in [0.15, 0.2) is 28.4 Å². The van der Waals surface area contributed by atoms with E-state index in [1.54, 1.807) is 12.4 Å². The molecular weight excluding hydrogens is 292 g/mol. The van der Waals surface area contributed by atoms with Crippen molar-refractivity contribution in [2.45, 2.75) is 0 Å². The topological polar surface area (TPSA) is 52.1 Å². The summed E-state index contributed by atoms with van der Waals surface area (Å²) >= 11 is 4.65. The minimum atomic E-state index is -0.436. The first-order valence-corrected chi connectivity index (χ1v) is 5.98. The first kappa shape index (κ1) is 11.2. The second-order valence-corrected chi connectivity index (χ2v) is 5.15. The fraction of sp³-hybridized carbons (Fsp3) is 0.100. The van der Waals surface area contributed by atoms with Gasteiger partial charge < -0.3 is 4.74 Å². The van der Waals surface area contributed by atoms with Crippen LogP contribution >= 0.6 is 27.3 Å². The molecule has 0 amide bonds. The molecule has 0 aliphatic carbocycles. The summed E-state index contributed by atoms with van der Waals surface area (Å²) in [5.41, 5.74) is 1.23. The lowest BCUT2D eigenvalue weighted by Crippen LogP contribution is -2.03. The average Bonchev–Trinajstić information content (AvgIpc) is 2.71. The average molecular weight is 299 g/mol. The molecule has 82 valence electrons. The van der Waals surface area contributed by atoms with Gasteiger partial charge in [0, 0.05) is 12.4 Å². The molecule has 2 heterocycles. The molecule has 2 aromatic heterocycles. The van der Waals surface area contributed by atoms with E-state index in [4.69, 9.17) is 0 Å². The molecule has 0 aromatic carbocycles. The van der Waals surface area contributed by atoms with E-state index in [0.29, 0.717) is 9.61 Å². The maximum absolute atomic E-state index is 11.5. The molecule has 0 N–H and O–H groups in total. The zero-order valence-electron chi connectivity index (χ0n) is 8.31. The fourth-order valence-electron chi connectivity index (χ4n) is 1.23. The number of hydrogen-bond acceptors (Lipinski definition) is 5. The fourth-order valence-corrected chi connectivity index (χ4v) is 2.68. The number of aromatic nitrogens is 2. The maximum Gasteiger partial charge on any atom is 0.358 e. The lowest BCUT2D eigenvalue weighted by molar-refractivity contribution is 0.0595. The predicted octanol–water partition coefficient (Wildman–Crippen LogP) is 2.75.